The van der Waals surface area contributed by atoms with E-state index in [-0.39, 0.29) is 28.4 Å². The van der Waals surface area contributed by atoms with E-state index in [4.69, 9.17) is 4.42 Å². The topological polar surface area (TPSA) is 90.9 Å². The van der Waals surface area contributed by atoms with Crippen LogP contribution in [0.3, 0.4) is 0 Å². The Balaban J connectivity index is 2.35. The van der Waals surface area contributed by atoms with Crippen molar-refractivity contribution in [2.24, 2.45) is 0 Å². The smallest absolute Gasteiger partial charge is 0.344 e. The van der Waals surface area contributed by atoms with Crippen molar-refractivity contribution in [2.45, 2.75) is 13.8 Å². The van der Waals surface area contributed by atoms with Gasteiger partial charge in [0.25, 0.3) is 0 Å². The first-order valence-electron chi connectivity index (χ1n) is 6.67. The van der Waals surface area contributed by atoms with Crippen LogP contribution < -0.4 is 5.63 Å². The highest BCUT2D eigenvalue weighted by atomic mass is 16.4. The van der Waals surface area contributed by atoms with E-state index in [9.17, 15) is 20.1 Å². The average Bonchev–Trinajstić information content (AvgIpc) is 2.43. The number of aromatic hydroxyl groups is 3. The fourth-order valence-corrected chi connectivity index (χ4v) is 2.48. The van der Waals surface area contributed by atoms with Gasteiger partial charge in [-0.2, -0.15) is 0 Å². The van der Waals surface area contributed by atoms with Crippen LogP contribution in [0.25, 0.3) is 22.1 Å². The van der Waals surface area contributed by atoms with Crippen LogP contribution in [0.4, 0.5) is 0 Å². The highest BCUT2D eigenvalue weighted by Crippen LogP contribution is 2.35. The number of aryl methyl sites for hydroxylation is 2. The molecule has 0 atom stereocenters. The third-order valence-electron chi connectivity index (χ3n) is 3.61. The molecule has 0 aliphatic heterocycles. The minimum atomic E-state index is -0.625. The maximum Gasteiger partial charge on any atom is 0.344 e. The number of benzene rings is 2. The Morgan fingerprint density at radius 3 is 2.27 bits per heavy atom. The molecule has 5 heteroatoms. The van der Waals surface area contributed by atoms with Crippen molar-refractivity contribution in [3.8, 4) is 28.4 Å². The van der Waals surface area contributed by atoms with Crippen molar-refractivity contribution in [3.05, 3.63) is 51.9 Å². The van der Waals surface area contributed by atoms with Gasteiger partial charge >= 0.3 is 5.63 Å². The molecule has 3 N–H and O–H groups in total. The molecule has 0 saturated heterocycles. The first kappa shape index (κ1) is 14.0. The van der Waals surface area contributed by atoms with Crippen molar-refractivity contribution in [1.82, 2.24) is 0 Å². The Bertz CT molecular complexity index is 953. The zero-order valence-electron chi connectivity index (χ0n) is 12.0. The molecule has 0 spiro atoms. The number of hydrogen-bond acceptors (Lipinski definition) is 5. The number of phenols is 3. The predicted octanol–water partition coefficient (Wildman–Crippen LogP) is 3.19. The SMILES string of the molecule is Cc1cc(O)c(-c2cc3cc(O)cc(C)c3oc2=O)cc1O. The molecule has 2 aromatic carbocycles. The summed E-state index contributed by atoms with van der Waals surface area (Å²) in [5.41, 5.74) is 1.18. The van der Waals surface area contributed by atoms with Crippen molar-refractivity contribution >= 4 is 11.0 Å². The summed E-state index contributed by atoms with van der Waals surface area (Å²) in [5.74, 6) is -0.0982. The van der Waals surface area contributed by atoms with Crippen molar-refractivity contribution in [2.75, 3.05) is 0 Å². The first-order valence-corrected chi connectivity index (χ1v) is 6.67. The van der Waals surface area contributed by atoms with E-state index < -0.39 is 5.63 Å². The Labute approximate surface area is 125 Å². The minimum Gasteiger partial charge on any atom is -0.508 e. The second-order valence-corrected chi connectivity index (χ2v) is 5.28. The lowest BCUT2D eigenvalue weighted by Gasteiger charge is -2.08. The Hall–Kier alpha value is -2.95. The summed E-state index contributed by atoms with van der Waals surface area (Å²) in [5, 5.41) is 30.0. The van der Waals surface area contributed by atoms with Gasteiger partial charge in [0.1, 0.15) is 22.8 Å². The van der Waals surface area contributed by atoms with Gasteiger partial charge in [-0.05, 0) is 55.3 Å². The molecule has 3 rings (SSSR count). The van der Waals surface area contributed by atoms with E-state index in [0.717, 1.165) is 0 Å². The molecule has 1 aromatic heterocycles. The molecule has 112 valence electrons. The third-order valence-corrected chi connectivity index (χ3v) is 3.61. The Morgan fingerprint density at radius 2 is 1.55 bits per heavy atom. The molecule has 3 aromatic rings. The van der Waals surface area contributed by atoms with Gasteiger partial charge in [0.05, 0.1) is 5.56 Å². The zero-order chi connectivity index (χ0) is 16.0. The van der Waals surface area contributed by atoms with Crippen LogP contribution in [-0.2, 0) is 0 Å². The van der Waals surface area contributed by atoms with Gasteiger partial charge in [0, 0.05) is 10.9 Å². The maximum absolute atomic E-state index is 12.2. The first-order chi connectivity index (χ1) is 10.4. The summed E-state index contributed by atoms with van der Waals surface area (Å²) in [7, 11) is 0. The lowest BCUT2D eigenvalue weighted by molar-refractivity contribution is 0.458. The second kappa shape index (κ2) is 4.80. The van der Waals surface area contributed by atoms with E-state index in [1.165, 1.54) is 30.3 Å². The molecule has 0 amide bonds. The standard InChI is InChI=1S/C17H14O5/c1-8-4-15(20)12(7-14(8)19)13-6-10-5-11(18)3-9(2)16(10)22-17(13)21/h3-7,18-20H,1-2H3. The number of hydrogen-bond donors (Lipinski definition) is 3. The van der Waals surface area contributed by atoms with E-state index in [2.05, 4.69) is 0 Å². The highest BCUT2D eigenvalue weighted by Gasteiger charge is 2.15. The third kappa shape index (κ3) is 2.16. The van der Waals surface area contributed by atoms with Crippen LogP contribution in [0.2, 0.25) is 0 Å². The van der Waals surface area contributed by atoms with Crippen LogP contribution in [0.5, 0.6) is 17.2 Å². The Morgan fingerprint density at radius 1 is 0.818 bits per heavy atom. The van der Waals surface area contributed by atoms with Gasteiger partial charge < -0.3 is 19.7 Å². The molecule has 0 radical (unpaired) electrons. The molecule has 22 heavy (non-hydrogen) atoms. The van der Waals surface area contributed by atoms with Crippen molar-refractivity contribution < 1.29 is 19.7 Å². The van der Waals surface area contributed by atoms with E-state index >= 15 is 0 Å². The van der Waals surface area contributed by atoms with E-state index in [0.29, 0.717) is 22.1 Å². The summed E-state index contributed by atoms with van der Waals surface area (Å²) in [6, 6.07) is 7.19. The Kier molecular flexibility index (Phi) is 3.06. The fraction of sp³-hybridized carbons (Fsp3) is 0.118. The molecule has 5 nitrogen and oxygen atoms in total. The van der Waals surface area contributed by atoms with Crippen LogP contribution in [-0.4, -0.2) is 15.3 Å². The van der Waals surface area contributed by atoms with Crippen molar-refractivity contribution in [3.63, 3.8) is 0 Å². The molecule has 0 saturated carbocycles. The van der Waals surface area contributed by atoms with Gasteiger partial charge in [-0.1, -0.05) is 0 Å². The molecule has 0 unspecified atom stereocenters. The largest absolute Gasteiger partial charge is 0.508 e. The van der Waals surface area contributed by atoms with Crippen LogP contribution in [0, 0.1) is 13.8 Å². The van der Waals surface area contributed by atoms with Gasteiger partial charge in [-0.15, -0.1) is 0 Å². The number of rotatable bonds is 1. The van der Waals surface area contributed by atoms with Crippen LogP contribution in [0.15, 0.2) is 39.5 Å². The zero-order valence-corrected chi connectivity index (χ0v) is 12.0. The highest BCUT2D eigenvalue weighted by molar-refractivity contribution is 5.86. The molecule has 0 fully saturated rings. The summed E-state index contributed by atoms with van der Waals surface area (Å²) in [6.07, 6.45) is 0. The lowest BCUT2D eigenvalue weighted by Crippen LogP contribution is -2.03. The quantitative estimate of drug-likeness (QED) is 0.474. The summed E-state index contributed by atoms with van der Waals surface area (Å²) >= 11 is 0. The summed E-state index contributed by atoms with van der Waals surface area (Å²) in [4.78, 5) is 12.2. The van der Waals surface area contributed by atoms with E-state index in [1.54, 1.807) is 13.8 Å². The predicted molar refractivity (Wildman–Crippen MR) is 82.4 cm³/mol. The van der Waals surface area contributed by atoms with Crippen LogP contribution in [0.1, 0.15) is 11.1 Å². The summed E-state index contributed by atoms with van der Waals surface area (Å²) < 4.78 is 5.30. The number of fused-ring (bicyclic) bond motifs is 1. The van der Waals surface area contributed by atoms with Crippen molar-refractivity contribution in [1.29, 1.82) is 0 Å². The lowest BCUT2D eigenvalue weighted by atomic mass is 10.0. The molecule has 0 aliphatic rings. The molecule has 1 heterocycles. The van der Waals surface area contributed by atoms with Gasteiger partial charge in [0.2, 0.25) is 0 Å². The maximum atomic E-state index is 12.2. The van der Waals surface area contributed by atoms with Gasteiger partial charge in [-0.3, -0.25) is 0 Å². The fourth-order valence-electron chi connectivity index (χ4n) is 2.48. The molecular formula is C17H14O5. The monoisotopic (exact) mass is 298 g/mol. The summed E-state index contributed by atoms with van der Waals surface area (Å²) in [6.45, 7) is 3.36. The average molecular weight is 298 g/mol. The van der Waals surface area contributed by atoms with E-state index in [1.807, 2.05) is 0 Å². The molecule has 0 bridgehead atoms. The molecular weight excluding hydrogens is 284 g/mol. The minimum absolute atomic E-state index is 0.0283. The number of phenolic OH excluding ortho intramolecular Hbond substituents is 3. The normalized spacial score (nSPS) is 11.0. The second-order valence-electron chi connectivity index (χ2n) is 5.28. The van der Waals surface area contributed by atoms with Gasteiger partial charge in [0.15, 0.2) is 0 Å². The molecule has 0 aliphatic carbocycles. The van der Waals surface area contributed by atoms with Crippen LogP contribution >= 0.6 is 0 Å². The van der Waals surface area contributed by atoms with Gasteiger partial charge in [-0.25, -0.2) is 4.79 Å².